The van der Waals surface area contributed by atoms with Crippen LogP contribution < -0.4 is 10.2 Å². The van der Waals surface area contributed by atoms with Gasteiger partial charge in [0.2, 0.25) is 11.8 Å². The number of thiazole rings is 1. The van der Waals surface area contributed by atoms with Crippen LogP contribution in [0.15, 0.2) is 35.8 Å². The van der Waals surface area contributed by atoms with Crippen LogP contribution in [0.2, 0.25) is 0 Å². The third-order valence-corrected chi connectivity index (χ3v) is 5.22. The summed E-state index contributed by atoms with van der Waals surface area (Å²) >= 11 is 1.38. The molecule has 1 aliphatic heterocycles. The van der Waals surface area contributed by atoms with Gasteiger partial charge in [-0.2, -0.15) is 0 Å². The van der Waals surface area contributed by atoms with Gasteiger partial charge < -0.3 is 10.2 Å². The van der Waals surface area contributed by atoms with Crippen LogP contribution in [0.4, 0.5) is 10.8 Å². The summed E-state index contributed by atoms with van der Waals surface area (Å²) in [5.74, 6) is -0.101. The van der Waals surface area contributed by atoms with Gasteiger partial charge in [-0.15, -0.1) is 11.3 Å². The van der Waals surface area contributed by atoms with Crippen LogP contribution >= 0.6 is 11.3 Å². The topological polar surface area (TPSA) is 62.3 Å². The molecular formula is C18H21N3O2S. The van der Waals surface area contributed by atoms with Crippen molar-refractivity contribution in [3.05, 3.63) is 41.4 Å². The highest BCUT2D eigenvalue weighted by Crippen LogP contribution is 2.33. The predicted molar refractivity (Wildman–Crippen MR) is 96.4 cm³/mol. The summed E-state index contributed by atoms with van der Waals surface area (Å²) in [5, 5.41) is 5.18. The van der Waals surface area contributed by atoms with Gasteiger partial charge in [0.1, 0.15) is 0 Å². The van der Waals surface area contributed by atoms with Crippen molar-refractivity contribution < 1.29 is 9.59 Å². The van der Waals surface area contributed by atoms with E-state index >= 15 is 0 Å². The molecule has 1 saturated heterocycles. The van der Waals surface area contributed by atoms with Crippen molar-refractivity contribution in [2.75, 3.05) is 16.8 Å². The van der Waals surface area contributed by atoms with E-state index < -0.39 is 0 Å². The number of para-hydroxylation sites is 1. The van der Waals surface area contributed by atoms with Crippen molar-refractivity contribution in [3.63, 3.8) is 0 Å². The molecule has 1 aliphatic rings. The number of rotatable bonds is 5. The predicted octanol–water partition coefficient (Wildman–Crippen LogP) is 3.65. The minimum Gasteiger partial charge on any atom is -0.311 e. The second-order valence-corrected chi connectivity index (χ2v) is 6.99. The molecule has 2 heterocycles. The number of hydrogen-bond acceptors (Lipinski definition) is 4. The molecule has 3 rings (SSSR count). The van der Waals surface area contributed by atoms with Crippen molar-refractivity contribution in [3.8, 4) is 0 Å². The van der Waals surface area contributed by atoms with E-state index in [4.69, 9.17) is 0 Å². The molecular weight excluding hydrogens is 322 g/mol. The fourth-order valence-corrected chi connectivity index (χ4v) is 3.51. The molecule has 1 aromatic heterocycles. The monoisotopic (exact) mass is 343 g/mol. The standard InChI is InChI=1S/C18H21N3O2S/c1-3-12(2)14-6-4-5-7-15(14)21-11-13(10-16(21)22)17(23)20-18-19-8-9-24-18/h4-9,12-13H,3,10-11H2,1-2H3,(H,19,20,23). The van der Waals surface area contributed by atoms with Crippen molar-refractivity contribution >= 4 is 34.0 Å². The number of benzene rings is 1. The van der Waals surface area contributed by atoms with E-state index in [1.54, 1.807) is 11.1 Å². The largest absolute Gasteiger partial charge is 0.311 e. The molecule has 2 unspecified atom stereocenters. The highest BCUT2D eigenvalue weighted by atomic mass is 32.1. The van der Waals surface area contributed by atoms with Crippen LogP contribution in [0.5, 0.6) is 0 Å². The second-order valence-electron chi connectivity index (χ2n) is 6.10. The molecule has 5 nitrogen and oxygen atoms in total. The van der Waals surface area contributed by atoms with Crippen molar-refractivity contribution in [1.82, 2.24) is 4.98 Å². The summed E-state index contributed by atoms with van der Waals surface area (Å²) in [6.45, 7) is 4.72. The highest BCUT2D eigenvalue weighted by molar-refractivity contribution is 7.13. The summed E-state index contributed by atoms with van der Waals surface area (Å²) in [6.07, 6.45) is 2.90. The minimum atomic E-state index is -0.341. The van der Waals surface area contributed by atoms with Gasteiger partial charge in [0.05, 0.1) is 5.92 Å². The van der Waals surface area contributed by atoms with E-state index in [9.17, 15) is 9.59 Å². The molecule has 1 aromatic carbocycles. The van der Waals surface area contributed by atoms with Gasteiger partial charge in [0, 0.05) is 30.2 Å². The lowest BCUT2D eigenvalue weighted by atomic mass is 9.96. The minimum absolute atomic E-state index is 0.00467. The highest BCUT2D eigenvalue weighted by Gasteiger charge is 2.36. The molecule has 0 spiro atoms. The number of amides is 2. The molecule has 2 amide bonds. The third kappa shape index (κ3) is 3.33. The van der Waals surface area contributed by atoms with E-state index in [0.29, 0.717) is 17.6 Å². The summed E-state index contributed by atoms with van der Waals surface area (Å²) in [4.78, 5) is 30.7. The lowest BCUT2D eigenvalue weighted by Crippen LogP contribution is -2.29. The Balaban J connectivity index is 1.77. The van der Waals surface area contributed by atoms with Crippen LogP contribution in [0.25, 0.3) is 0 Å². The Morgan fingerprint density at radius 1 is 1.46 bits per heavy atom. The zero-order valence-corrected chi connectivity index (χ0v) is 14.7. The third-order valence-electron chi connectivity index (χ3n) is 4.53. The van der Waals surface area contributed by atoms with Crippen molar-refractivity contribution in [1.29, 1.82) is 0 Å². The number of aromatic nitrogens is 1. The maximum absolute atomic E-state index is 12.5. The molecule has 2 aromatic rings. The molecule has 6 heteroatoms. The summed E-state index contributed by atoms with van der Waals surface area (Å²) in [5.41, 5.74) is 2.09. The van der Waals surface area contributed by atoms with Gasteiger partial charge in [-0.25, -0.2) is 4.98 Å². The molecule has 24 heavy (non-hydrogen) atoms. The maximum Gasteiger partial charge on any atom is 0.231 e. The molecule has 1 N–H and O–H groups in total. The SMILES string of the molecule is CCC(C)c1ccccc1N1CC(C(=O)Nc2nccs2)CC1=O. The average molecular weight is 343 g/mol. The zero-order valence-electron chi connectivity index (χ0n) is 13.9. The Labute approximate surface area is 145 Å². The summed E-state index contributed by atoms with van der Waals surface area (Å²) in [6, 6.07) is 7.98. The number of hydrogen-bond donors (Lipinski definition) is 1. The molecule has 2 atom stereocenters. The van der Waals surface area contributed by atoms with Crippen LogP contribution in [0, 0.1) is 5.92 Å². The number of nitrogens with one attached hydrogen (secondary N) is 1. The number of carbonyl (C=O) groups excluding carboxylic acids is 2. The van der Waals surface area contributed by atoms with Gasteiger partial charge >= 0.3 is 0 Å². The Kier molecular flexibility index (Phi) is 4.94. The smallest absolute Gasteiger partial charge is 0.231 e. The van der Waals surface area contributed by atoms with E-state index in [1.807, 2.05) is 23.6 Å². The van der Waals surface area contributed by atoms with Crippen molar-refractivity contribution in [2.45, 2.75) is 32.6 Å². The first-order chi connectivity index (χ1) is 11.6. The van der Waals surface area contributed by atoms with E-state index in [0.717, 1.165) is 17.7 Å². The van der Waals surface area contributed by atoms with Crippen LogP contribution in [-0.2, 0) is 9.59 Å². The first-order valence-corrected chi connectivity index (χ1v) is 9.07. The maximum atomic E-state index is 12.5. The first kappa shape index (κ1) is 16.6. The van der Waals surface area contributed by atoms with Gasteiger partial charge in [-0.1, -0.05) is 32.0 Å². The fourth-order valence-electron chi connectivity index (χ4n) is 2.98. The zero-order chi connectivity index (χ0) is 17.1. The first-order valence-electron chi connectivity index (χ1n) is 8.19. The molecule has 0 saturated carbocycles. The molecule has 1 fully saturated rings. The van der Waals surface area contributed by atoms with Crippen LogP contribution in [0.3, 0.4) is 0 Å². The molecule has 0 radical (unpaired) electrons. The summed E-state index contributed by atoms with van der Waals surface area (Å²) < 4.78 is 0. The number of anilines is 2. The van der Waals surface area contributed by atoms with Crippen molar-refractivity contribution in [2.24, 2.45) is 5.92 Å². The second kappa shape index (κ2) is 7.13. The number of carbonyl (C=O) groups is 2. The molecule has 0 bridgehead atoms. The van der Waals surface area contributed by atoms with Gasteiger partial charge in [-0.05, 0) is 24.0 Å². The van der Waals surface area contributed by atoms with Gasteiger partial charge in [-0.3, -0.25) is 9.59 Å². The Bertz CT molecular complexity index is 730. The van der Waals surface area contributed by atoms with E-state index in [2.05, 4.69) is 30.2 Å². The average Bonchev–Trinajstić information content (AvgIpc) is 3.23. The Hall–Kier alpha value is -2.21. The lowest BCUT2D eigenvalue weighted by Gasteiger charge is -2.23. The van der Waals surface area contributed by atoms with Crippen LogP contribution in [-0.4, -0.2) is 23.3 Å². The number of nitrogens with zero attached hydrogens (tertiary/aromatic N) is 2. The lowest BCUT2D eigenvalue weighted by molar-refractivity contribution is -0.122. The quantitative estimate of drug-likeness (QED) is 0.901. The van der Waals surface area contributed by atoms with Crippen LogP contribution in [0.1, 0.15) is 38.2 Å². The Morgan fingerprint density at radius 3 is 2.96 bits per heavy atom. The molecule has 0 aliphatic carbocycles. The van der Waals surface area contributed by atoms with E-state index in [-0.39, 0.29) is 24.2 Å². The summed E-state index contributed by atoms with van der Waals surface area (Å²) in [7, 11) is 0. The fraction of sp³-hybridized carbons (Fsp3) is 0.389. The van der Waals surface area contributed by atoms with Gasteiger partial charge in [0.25, 0.3) is 0 Å². The molecule has 126 valence electrons. The Morgan fingerprint density at radius 2 is 2.25 bits per heavy atom. The van der Waals surface area contributed by atoms with E-state index in [1.165, 1.54) is 11.3 Å². The van der Waals surface area contributed by atoms with Gasteiger partial charge in [0.15, 0.2) is 5.13 Å². The normalized spacial score (nSPS) is 18.7.